The molecule has 1 aromatic carbocycles. The average molecular weight is 377 g/mol. The van der Waals surface area contributed by atoms with Crippen molar-refractivity contribution in [1.82, 2.24) is 9.80 Å². The summed E-state index contributed by atoms with van der Waals surface area (Å²) in [6.45, 7) is 4.17. The Morgan fingerprint density at radius 3 is 2.38 bits per heavy atom. The summed E-state index contributed by atoms with van der Waals surface area (Å²) in [4.78, 5) is 26.9. The molecule has 1 aliphatic rings. The molecule has 10 heteroatoms. The summed E-state index contributed by atoms with van der Waals surface area (Å²) >= 11 is 0. The number of carbonyl (C=O) groups excluding carboxylic acids is 2. The fraction of sp³-hybridized carbons (Fsp3) is 0.429. The summed E-state index contributed by atoms with van der Waals surface area (Å²) in [5.74, 6) is -0.207. The predicted octanol–water partition coefficient (Wildman–Crippen LogP) is -0.142. The van der Waals surface area contributed by atoms with Crippen molar-refractivity contribution >= 4 is 39.9 Å². The quantitative estimate of drug-likeness (QED) is 0.759. The first-order valence-corrected chi connectivity index (χ1v) is 8.71. The van der Waals surface area contributed by atoms with Gasteiger partial charge in [0.05, 0.1) is 11.4 Å². The van der Waals surface area contributed by atoms with E-state index >= 15 is 0 Å². The lowest BCUT2D eigenvalue weighted by molar-refractivity contribution is -0.130. The number of carbonyl (C=O) groups is 2. The zero-order valence-corrected chi connectivity index (χ0v) is 14.9. The molecule has 1 fully saturated rings. The molecule has 0 atom stereocenters. The van der Waals surface area contributed by atoms with E-state index in [1.54, 1.807) is 11.0 Å². The smallest absolute Gasteiger partial charge is 0.238 e. The first kappa shape index (κ1) is 20.4. The maximum absolute atomic E-state index is 12.0. The number of benzene rings is 1. The van der Waals surface area contributed by atoms with Gasteiger partial charge in [-0.25, -0.2) is 13.6 Å². The Morgan fingerprint density at radius 2 is 1.83 bits per heavy atom. The lowest BCUT2D eigenvalue weighted by Crippen LogP contribution is -2.49. The van der Waals surface area contributed by atoms with Gasteiger partial charge in [-0.05, 0) is 18.2 Å². The molecule has 3 N–H and O–H groups in total. The second-order valence-corrected chi connectivity index (χ2v) is 6.96. The number of nitrogens with zero attached hydrogens (tertiary/aromatic N) is 2. The third-order valence-corrected chi connectivity index (χ3v) is 4.54. The predicted molar refractivity (Wildman–Crippen MR) is 92.4 cm³/mol. The zero-order valence-electron chi connectivity index (χ0n) is 13.3. The van der Waals surface area contributed by atoms with Crippen LogP contribution in [0.2, 0.25) is 0 Å². The Morgan fingerprint density at radius 1 is 1.21 bits per heavy atom. The van der Waals surface area contributed by atoms with Crippen molar-refractivity contribution in [2.24, 2.45) is 5.14 Å². The van der Waals surface area contributed by atoms with Crippen LogP contribution < -0.4 is 10.5 Å². The number of hydrogen-bond donors (Lipinski definition) is 2. The number of anilines is 1. The molecule has 0 aromatic heterocycles. The van der Waals surface area contributed by atoms with E-state index < -0.39 is 10.0 Å². The lowest BCUT2D eigenvalue weighted by Gasteiger charge is -2.33. The van der Waals surface area contributed by atoms with Gasteiger partial charge in [0.15, 0.2) is 0 Å². The molecule has 0 unspecified atom stereocenters. The van der Waals surface area contributed by atoms with Crippen molar-refractivity contribution in [1.29, 1.82) is 0 Å². The van der Waals surface area contributed by atoms with Crippen molar-refractivity contribution in [3.63, 3.8) is 0 Å². The number of rotatable bonds is 4. The third-order valence-electron chi connectivity index (χ3n) is 3.63. The fourth-order valence-corrected chi connectivity index (χ4v) is 2.93. The average Bonchev–Trinajstić information content (AvgIpc) is 2.47. The molecule has 134 valence electrons. The van der Waals surface area contributed by atoms with Crippen LogP contribution in [0.3, 0.4) is 0 Å². The number of halogens is 1. The highest BCUT2D eigenvalue weighted by Crippen LogP contribution is 2.14. The minimum atomic E-state index is -3.80. The Labute approximate surface area is 147 Å². The summed E-state index contributed by atoms with van der Waals surface area (Å²) in [5, 5.41) is 7.72. The Bertz CT molecular complexity index is 702. The Hall–Kier alpha value is -1.68. The molecule has 1 saturated heterocycles. The van der Waals surface area contributed by atoms with Crippen molar-refractivity contribution in [3.8, 4) is 0 Å². The lowest BCUT2D eigenvalue weighted by atomic mass is 10.3. The number of piperazine rings is 1. The van der Waals surface area contributed by atoms with E-state index in [0.717, 1.165) is 0 Å². The summed E-state index contributed by atoms with van der Waals surface area (Å²) < 4.78 is 22.6. The molecule has 0 bridgehead atoms. The van der Waals surface area contributed by atoms with Gasteiger partial charge in [-0.15, -0.1) is 12.4 Å². The Balaban J connectivity index is 0.00000288. The topological polar surface area (TPSA) is 113 Å². The van der Waals surface area contributed by atoms with E-state index in [4.69, 9.17) is 5.14 Å². The second kappa shape index (κ2) is 8.43. The SMILES string of the molecule is CC(=O)N1CCN(CC(=O)Nc2cccc(S(N)(=O)=O)c2)CC1.Cl. The van der Waals surface area contributed by atoms with E-state index in [1.165, 1.54) is 25.1 Å². The monoisotopic (exact) mass is 376 g/mol. The van der Waals surface area contributed by atoms with Crippen molar-refractivity contribution in [3.05, 3.63) is 24.3 Å². The van der Waals surface area contributed by atoms with Gasteiger partial charge in [-0.1, -0.05) is 6.07 Å². The van der Waals surface area contributed by atoms with Crippen LogP contribution in [0.4, 0.5) is 5.69 Å². The molecule has 1 aliphatic heterocycles. The van der Waals surface area contributed by atoms with Crippen molar-refractivity contribution in [2.75, 3.05) is 38.0 Å². The molecule has 0 spiro atoms. The molecule has 0 aliphatic carbocycles. The van der Waals surface area contributed by atoms with Crippen LogP contribution in [0.25, 0.3) is 0 Å². The van der Waals surface area contributed by atoms with E-state index in [0.29, 0.717) is 31.9 Å². The van der Waals surface area contributed by atoms with Crippen LogP contribution >= 0.6 is 12.4 Å². The summed E-state index contributed by atoms with van der Waals surface area (Å²) in [7, 11) is -3.80. The largest absolute Gasteiger partial charge is 0.340 e. The standard InChI is InChI=1S/C14H20N4O4S.ClH/c1-11(19)18-7-5-17(6-8-18)10-14(20)16-12-3-2-4-13(9-12)23(15,21)22;/h2-4,9H,5-8,10H2,1H3,(H,16,20)(H2,15,21,22);1H. The molecule has 0 saturated carbocycles. The van der Waals surface area contributed by atoms with Crippen LogP contribution in [0, 0.1) is 0 Å². The van der Waals surface area contributed by atoms with Crippen LogP contribution in [0.1, 0.15) is 6.92 Å². The van der Waals surface area contributed by atoms with Crippen LogP contribution in [-0.4, -0.2) is 62.8 Å². The molecular weight excluding hydrogens is 356 g/mol. The van der Waals surface area contributed by atoms with Gasteiger partial charge in [-0.2, -0.15) is 0 Å². The highest BCUT2D eigenvalue weighted by atomic mass is 35.5. The molecule has 2 rings (SSSR count). The first-order chi connectivity index (χ1) is 10.8. The van der Waals surface area contributed by atoms with Gasteiger partial charge < -0.3 is 10.2 Å². The summed E-state index contributed by atoms with van der Waals surface area (Å²) in [5.41, 5.74) is 0.379. The number of sulfonamides is 1. The van der Waals surface area contributed by atoms with Gasteiger partial charge in [0.1, 0.15) is 0 Å². The van der Waals surface area contributed by atoms with Gasteiger partial charge in [-0.3, -0.25) is 14.5 Å². The maximum atomic E-state index is 12.0. The van der Waals surface area contributed by atoms with Crippen LogP contribution in [-0.2, 0) is 19.6 Å². The minimum absolute atomic E-state index is 0. The van der Waals surface area contributed by atoms with E-state index in [9.17, 15) is 18.0 Å². The van der Waals surface area contributed by atoms with E-state index in [2.05, 4.69) is 5.32 Å². The summed E-state index contributed by atoms with van der Waals surface area (Å²) in [6, 6.07) is 5.80. The highest BCUT2D eigenvalue weighted by molar-refractivity contribution is 7.89. The van der Waals surface area contributed by atoms with E-state index in [1.807, 2.05) is 4.90 Å². The number of amides is 2. The number of primary sulfonamides is 1. The van der Waals surface area contributed by atoms with E-state index in [-0.39, 0.29) is 35.7 Å². The van der Waals surface area contributed by atoms with Crippen LogP contribution in [0.5, 0.6) is 0 Å². The summed E-state index contributed by atoms with van der Waals surface area (Å²) in [6.07, 6.45) is 0. The van der Waals surface area contributed by atoms with Crippen LogP contribution in [0.15, 0.2) is 29.2 Å². The van der Waals surface area contributed by atoms with Gasteiger partial charge in [0.25, 0.3) is 0 Å². The first-order valence-electron chi connectivity index (χ1n) is 7.16. The molecule has 0 radical (unpaired) electrons. The highest BCUT2D eigenvalue weighted by Gasteiger charge is 2.20. The molecule has 8 nitrogen and oxygen atoms in total. The number of hydrogen-bond acceptors (Lipinski definition) is 5. The molecule has 24 heavy (non-hydrogen) atoms. The fourth-order valence-electron chi connectivity index (χ4n) is 2.38. The van der Waals surface area contributed by atoms with Gasteiger partial charge >= 0.3 is 0 Å². The normalized spacial score (nSPS) is 15.5. The van der Waals surface area contributed by atoms with Crippen molar-refractivity contribution in [2.45, 2.75) is 11.8 Å². The van der Waals surface area contributed by atoms with Gasteiger partial charge in [0, 0.05) is 38.8 Å². The number of nitrogens with one attached hydrogen (secondary N) is 1. The van der Waals surface area contributed by atoms with Crippen molar-refractivity contribution < 1.29 is 18.0 Å². The second-order valence-electron chi connectivity index (χ2n) is 5.40. The molecular formula is C14H21ClN4O4S. The molecule has 1 heterocycles. The minimum Gasteiger partial charge on any atom is -0.340 e. The maximum Gasteiger partial charge on any atom is 0.238 e. The third kappa shape index (κ3) is 5.75. The zero-order chi connectivity index (χ0) is 17.0. The number of nitrogens with two attached hydrogens (primary N) is 1. The molecule has 1 aromatic rings. The van der Waals surface area contributed by atoms with Gasteiger partial charge in [0.2, 0.25) is 21.8 Å². The Kier molecular flexibility index (Phi) is 7.15. The molecule has 2 amide bonds.